The van der Waals surface area contributed by atoms with Crippen molar-refractivity contribution < 1.29 is 9.84 Å². The fourth-order valence-corrected chi connectivity index (χ4v) is 3.47. The van der Waals surface area contributed by atoms with Crippen LogP contribution in [0.1, 0.15) is 51.5 Å². The van der Waals surface area contributed by atoms with Gasteiger partial charge in [0, 0.05) is 11.8 Å². The number of hydrogen-bond acceptors (Lipinski definition) is 3. The van der Waals surface area contributed by atoms with Gasteiger partial charge in [-0.2, -0.15) is 0 Å². The van der Waals surface area contributed by atoms with Crippen molar-refractivity contribution in [3.05, 3.63) is 72.4 Å². The van der Waals surface area contributed by atoms with Gasteiger partial charge in [-0.05, 0) is 54.7 Å². The summed E-state index contributed by atoms with van der Waals surface area (Å²) in [6.07, 6.45) is 9.20. The van der Waals surface area contributed by atoms with E-state index in [4.69, 9.17) is 4.74 Å². The molecule has 0 bridgehead atoms. The molecule has 3 rings (SSSR count). The number of benzene rings is 2. The molecule has 3 aromatic rings. The summed E-state index contributed by atoms with van der Waals surface area (Å²) in [5.74, 6) is 0.769. The standard InChI is InChI=1S/C27H33NO2/c1-3-4-5-6-7-8-22-9-18-27(28-19-22)25-12-10-23(11-13-25)24-14-16-26(17-15-24)30-20-21(2)29/h9-19,21,29H,3-8,20H2,1-2H3/t21-/m1/s1. The quantitative estimate of drug-likeness (QED) is 0.363. The third-order valence-electron chi connectivity index (χ3n) is 5.25. The largest absolute Gasteiger partial charge is 0.491 e. The first-order valence-electron chi connectivity index (χ1n) is 11.1. The van der Waals surface area contributed by atoms with E-state index in [2.05, 4.69) is 48.3 Å². The average Bonchev–Trinajstić information content (AvgIpc) is 2.78. The summed E-state index contributed by atoms with van der Waals surface area (Å²) in [4.78, 5) is 4.68. The maximum atomic E-state index is 9.32. The van der Waals surface area contributed by atoms with Crippen molar-refractivity contribution in [2.24, 2.45) is 0 Å². The van der Waals surface area contributed by atoms with Gasteiger partial charge in [0.2, 0.25) is 0 Å². The number of aromatic nitrogens is 1. The van der Waals surface area contributed by atoms with E-state index in [0.717, 1.165) is 34.6 Å². The molecule has 0 aliphatic heterocycles. The highest BCUT2D eigenvalue weighted by Crippen LogP contribution is 2.26. The number of aliphatic hydroxyl groups excluding tert-OH is 1. The maximum absolute atomic E-state index is 9.32. The molecular formula is C27H33NO2. The van der Waals surface area contributed by atoms with E-state index >= 15 is 0 Å². The van der Waals surface area contributed by atoms with Crippen LogP contribution in [0.5, 0.6) is 5.75 Å². The van der Waals surface area contributed by atoms with E-state index in [-0.39, 0.29) is 0 Å². The SMILES string of the molecule is CCCCCCCc1ccc(-c2ccc(-c3ccc(OC[C@@H](C)O)cc3)cc2)nc1. The highest BCUT2D eigenvalue weighted by molar-refractivity contribution is 5.69. The molecule has 158 valence electrons. The zero-order chi connectivity index (χ0) is 21.2. The molecule has 0 aliphatic rings. The first kappa shape index (κ1) is 22.0. The lowest BCUT2D eigenvalue weighted by Gasteiger charge is -2.09. The van der Waals surface area contributed by atoms with Crippen LogP contribution in [0.25, 0.3) is 22.4 Å². The molecular weight excluding hydrogens is 370 g/mol. The maximum Gasteiger partial charge on any atom is 0.119 e. The summed E-state index contributed by atoms with van der Waals surface area (Å²) in [7, 11) is 0. The molecule has 2 aromatic carbocycles. The molecule has 1 N–H and O–H groups in total. The van der Waals surface area contributed by atoms with E-state index in [9.17, 15) is 5.11 Å². The number of aliphatic hydroxyl groups is 1. The van der Waals surface area contributed by atoms with E-state index in [1.54, 1.807) is 6.92 Å². The summed E-state index contributed by atoms with van der Waals surface area (Å²) in [6.45, 7) is 4.27. The smallest absolute Gasteiger partial charge is 0.119 e. The number of pyridine rings is 1. The number of rotatable bonds is 11. The third kappa shape index (κ3) is 6.70. The van der Waals surface area contributed by atoms with Crippen molar-refractivity contribution in [2.75, 3.05) is 6.61 Å². The van der Waals surface area contributed by atoms with Crippen molar-refractivity contribution in [3.8, 4) is 28.1 Å². The van der Waals surface area contributed by atoms with Gasteiger partial charge in [-0.15, -0.1) is 0 Å². The summed E-state index contributed by atoms with van der Waals surface area (Å²) in [5.41, 5.74) is 5.76. The fraction of sp³-hybridized carbons (Fsp3) is 0.370. The van der Waals surface area contributed by atoms with Gasteiger partial charge < -0.3 is 9.84 Å². The molecule has 30 heavy (non-hydrogen) atoms. The molecule has 0 radical (unpaired) electrons. The molecule has 1 heterocycles. The topological polar surface area (TPSA) is 42.4 Å². The van der Waals surface area contributed by atoms with E-state index in [1.807, 2.05) is 30.5 Å². The molecule has 0 fully saturated rings. The Morgan fingerprint density at radius 1 is 0.800 bits per heavy atom. The summed E-state index contributed by atoms with van der Waals surface area (Å²) < 4.78 is 5.53. The Bertz CT molecular complexity index is 868. The molecule has 0 aliphatic carbocycles. The minimum absolute atomic E-state index is 0.304. The normalized spacial score (nSPS) is 12.0. The zero-order valence-electron chi connectivity index (χ0n) is 18.2. The Morgan fingerprint density at radius 3 is 2.03 bits per heavy atom. The average molecular weight is 404 g/mol. The van der Waals surface area contributed by atoms with Crippen molar-refractivity contribution in [2.45, 2.75) is 58.5 Å². The number of ether oxygens (including phenoxy) is 1. The van der Waals surface area contributed by atoms with Crippen LogP contribution in [0.15, 0.2) is 66.9 Å². The predicted molar refractivity (Wildman–Crippen MR) is 125 cm³/mol. The number of hydrogen-bond donors (Lipinski definition) is 1. The molecule has 3 heteroatoms. The number of unbranched alkanes of at least 4 members (excludes halogenated alkanes) is 4. The minimum atomic E-state index is -0.467. The zero-order valence-corrected chi connectivity index (χ0v) is 18.2. The molecule has 1 aromatic heterocycles. The van der Waals surface area contributed by atoms with Crippen molar-refractivity contribution in [3.63, 3.8) is 0 Å². The van der Waals surface area contributed by atoms with E-state index < -0.39 is 6.10 Å². The fourth-order valence-electron chi connectivity index (χ4n) is 3.47. The first-order valence-corrected chi connectivity index (χ1v) is 11.1. The molecule has 0 amide bonds. The van der Waals surface area contributed by atoms with Gasteiger partial charge in [-0.3, -0.25) is 4.98 Å². The lowest BCUT2D eigenvalue weighted by atomic mass is 10.0. The molecule has 0 unspecified atom stereocenters. The Labute approximate surface area is 180 Å². The van der Waals surface area contributed by atoms with Gasteiger partial charge in [-0.25, -0.2) is 0 Å². The van der Waals surface area contributed by atoms with Crippen LogP contribution in [0.4, 0.5) is 0 Å². The van der Waals surface area contributed by atoms with Crippen LogP contribution in [0, 0.1) is 0 Å². The van der Waals surface area contributed by atoms with Gasteiger partial charge in [0.1, 0.15) is 12.4 Å². The van der Waals surface area contributed by atoms with Gasteiger partial charge in [0.05, 0.1) is 11.8 Å². The lowest BCUT2D eigenvalue weighted by molar-refractivity contribution is 0.123. The second kappa shape index (κ2) is 11.5. The van der Waals surface area contributed by atoms with Crippen molar-refractivity contribution >= 4 is 0 Å². The highest BCUT2D eigenvalue weighted by Gasteiger charge is 2.04. The monoisotopic (exact) mass is 403 g/mol. The Balaban J connectivity index is 1.57. The van der Waals surface area contributed by atoms with Crippen molar-refractivity contribution in [1.82, 2.24) is 4.98 Å². The van der Waals surface area contributed by atoms with Crippen LogP contribution in [-0.2, 0) is 6.42 Å². The summed E-state index contributed by atoms with van der Waals surface area (Å²) in [5, 5.41) is 9.32. The Hall–Kier alpha value is -2.65. The number of aryl methyl sites for hydroxylation is 1. The predicted octanol–water partition coefficient (Wildman–Crippen LogP) is 6.69. The number of nitrogens with zero attached hydrogens (tertiary/aromatic N) is 1. The van der Waals surface area contributed by atoms with Crippen LogP contribution in [-0.4, -0.2) is 22.8 Å². The summed E-state index contributed by atoms with van der Waals surface area (Å²) in [6, 6.07) is 20.8. The molecule has 0 spiro atoms. The van der Waals surface area contributed by atoms with Crippen molar-refractivity contribution in [1.29, 1.82) is 0 Å². The first-order chi connectivity index (χ1) is 14.7. The van der Waals surface area contributed by atoms with Gasteiger partial charge in [0.15, 0.2) is 0 Å². The summed E-state index contributed by atoms with van der Waals surface area (Å²) >= 11 is 0. The molecule has 0 saturated heterocycles. The van der Waals surface area contributed by atoms with Gasteiger partial charge in [0.25, 0.3) is 0 Å². The minimum Gasteiger partial charge on any atom is -0.491 e. The highest BCUT2D eigenvalue weighted by atomic mass is 16.5. The molecule has 0 saturated carbocycles. The van der Waals surface area contributed by atoms with Gasteiger partial charge in [-0.1, -0.05) is 75.1 Å². The second-order valence-electron chi connectivity index (χ2n) is 7.98. The van der Waals surface area contributed by atoms with Crippen LogP contribution in [0.3, 0.4) is 0 Å². The Kier molecular flexibility index (Phi) is 8.46. The molecule has 3 nitrogen and oxygen atoms in total. The molecule has 1 atom stereocenters. The van der Waals surface area contributed by atoms with Crippen LogP contribution in [0.2, 0.25) is 0 Å². The lowest BCUT2D eigenvalue weighted by Crippen LogP contribution is -2.12. The van der Waals surface area contributed by atoms with E-state index in [0.29, 0.717) is 6.61 Å². The second-order valence-corrected chi connectivity index (χ2v) is 7.98. The van der Waals surface area contributed by atoms with E-state index in [1.165, 1.54) is 37.7 Å². The van der Waals surface area contributed by atoms with Crippen LogP contribution < -0.4 is 4.74 Å². The van der Waals surface area contributed by atoms with Gasteiger partial charge >= 0.3 is 0 Å². The Morgan fingerprint density at radius 2 is 1.43 bits per heavy atom. The van der Waals surface area contributed by atoms with Crippen LogP contribution >= 0.6 is 0 Å². The third-order valence-corrected chi connectivity index (χ3v) is 5.25.